The van der Waals surface area contributed by atoms with E-state index >= 15 is 0 Å². The van der Waals surface area contributed by atoms with Crippen LogP contribution in [-0.2, 0) is 19.4 Å². The van der Waals surface area contributed by atoms with Crippen molar-refractivity contribution in [2.45, 2.75) is 18.7 Å². The molecule has 0 N–H and O–H groups in total. The van der Waals surface area contributed by atoms with Crippen LogP contribution in [0.3, 0.4) is 0 Å². The number of hydrogen-bond acceptors (Lipinski definition) is 4. The third kappa shape index (κ3) is 4.07. The van der Waals surface area contributed by atoms with Gasteiger partial charge in [0.25, 0.3) is 0 Å². The molecule has 0 aliphatic heterocycles. The minimum Gasteiger partial charge on any atom is -0.462 e. The predicted molar refractivity (Wildman–Crippen MR) is 89.4 cm³/mol. The summed E-state index contributed by atoms with van der Waals surface area (Å²) in [6.45, 7) is 3.67. The van der Waals surface area contributed by atoms with E-state index in [0.29, 0.717) is 5.56 Å². The standard InChI is InChI=1S/C18H18O4S/c1-3-22-18(19)17(13-15-11-9-14(2)10-12-15)23(20,21)16-7-5-4-6-8-16/h4-13H,3H2,1-2H3. The van der Waals surface area contributed by atoms with Crippen LogP contribution in [0.5, 0.6) is 0 Å². The number of carbonyl (C=O) groups is 1. The van der Waals surface area contributed by atoms with Gasteiger partial charge in [0.1, 0.15) is 0 Å². The summed E-state index contributed by atoms with van der Waals surface area (Å²) in [6.07, 6.45) is 1.35. The molecule has 0 bridgehead atoms. The average Bonchev–Trinajstić information content (AvgIpc) is 2.55. The second-order valence-electron chi connectivity index (χ2n) is 4.96. The first-order valence-corrected chi connectivity index (χ1v) is 8.69. The predicted octanol–water partition coefficient (Wildman–Crippen LogP) is 3.37. The molecule has 2 aromatic carbocycles. The molecule has 120 valence electrons. The molecule has 0 radical (unpaired) electrons. The molecular weight excluding hydrogens is 312 g/mol. The quantitative estimate of drug-likeness (QED) is 0.623. The molecule has 5 heteroatoms. The molecule has 0 atom stereocenters. The molecule has 0 saturated carbocycles. The fraction of sp³-hybridized carbons (Fsp3) is 0.167. The third-order valence-electron chi connectivity index (χ3n) is 3.19. The molecule has 0 unspecified atom stereocenters. The van der Waals surface area contributed by atoms with E-state index in [1.165, 1.54) is 18.2 Å². The number of sulfone groups is 1. The largest absolute Gasteiger partial charge is 0.462 e. The van der Waals surface area contributed by atoms with Crippen LogP contribution in [0.2, 0.25) is 0 Å². The molecule has 0 heterocycles. The maximum atomic E-state index is 12.8. The maximum Gasteiger partial charge on any atom is 0.350 e. The molecule has 0 amide bonds. The number of aryl methyl sites for hydroxylation is 1. The van der Waals surface area contributed by atoms with Gasteiger partial charge in [0.2, 0.25) is 9.84 Å². The average molecular weight is 330 g/mol. The second kappa shape index (κ2) is 7.24. The van der Waals surface area contributed by atoms with Crippen molar-refractivity contribution in [3.63, 3.8) is 0 Å². The van der Waals surface area contributed by atoms with E-state index < -0.39 is 15.8 Å². The van der Waals surface area contributed by atoms with Gasteiger partial charge in [-0.2, -0.15) is 0 Å². The molecule has 2 rings (SSSR count). The summed E-state index contributed by atoms with van der Waals surface area (Å²) in [4.78, 5) is 11.9. The van der Waals surface area contributed by atoms with Gasteiger partial charge in [-0.3, -0.25) is 0 Å². The van der Waals surface area contributed by atoms with Crippen LogP contribution < -0.4 is 0 Å². The van der Waals surface area contributed by atoms with Gasteiger partial charge in [0.15, 0.2) is 4.91 Å². The molecular formula is C18H18O4S. The molecule has 2 aromatic rings. The van der Waals surface area contributed by atoms with Crippen LogP contribution in [-0.4, -0.2) is 21.0 Å². The van der Waals surface area contributed by atoms with E-state index in [-0.39, 0.29) is 16.4 Å². The Balaban J connectivity index is 2.54. The highest BCUT2D eigenvalue weighted by molar-refractivity contribution is 7.96. The molecule has 0 aromatic heterocycles. The zero-order valence-electron chi connectivity index (χ0n) is 13.0. The molecule has 23 heavy (non-hydrogen) atoms. The summed E-state index contributed by atoms with van der Waals surface area (Å²) in [5.41, 5.74) is 1.67. The van der Waals surface area contributed by atoms with Crippen LogP contribution in [0.25, 0.3) is 6.08 Å². The Kier molecular flexibility index (Phi) is 5.34. The number of hydrogen-bond donors (Lipinski definition) is 0. The molecule has 0 aliphatic rings. The van der Waals surface area contributed by atoms with E-state index in [2.05, 4.69) is 0 Å². The third-order valence-corrected chi connectivity index (χ3v) is 4.95. The van der Waals surface area contributed by atoms with Crippen molar-refractivity contribution in [1.82, 2.24) is 0 Å². The molecule has 4 nitrogen and oxygen atoms in total. The van der Waals surface area contributed by atoms with Gasteiger partial charge in [0.05, 0.1) is 11.5 Å². The van der Waals surface area contributed by atoms with Crippen molar-refractivity contribution in [3.05, 3.63) is 70.6 Å². The first-order chi connectivity index (χ1) is 10.9. The number of esters is 1. The molecule has 0 aliphatic carbocycles. The Hall–Kier alpha value is -2.40. The fourth-order valence-corrected chi connectivity index (χ4v) is 3.33. The van der Waals surface area contributed by atoms with Crippen molar-refractivity contribution < 1.29 is 17.9 Å². The minimum absolute atomic E-state index is 0.0615. The Morgan fingerprint density at radius 3 is 2.22 bits per heavy atom. The van der Waals surface area contributed by atoms with E-state index in [4.69, 9.17) is 4.74 Å². The summed E-state index contributed by atoms with van der Waals surface area (Å²) < 4.78 is 30.4. The smallest absolute Gasteiger partial charge is 0.350 e. The maximum absolute atomic E-state index is 12.8. The van der Waals surface area contributed by atoms with E-state index in [0.717, 1.165) is 5.56 Å². The zero-order chi connectivity index (χ0) is 16.9. The Labute approximate surface area is 136 Å². The zero-order valence-corrected chi connectivity index (χ0v) is 13.8. The summed E-state index contributed by atoms with van der Waals surface area (Å²) in [5, 5.41) is 0. The number of ether oxygens (including phenoxy) is 1. The van der Waals surface area contributed by atoms with Gasteiger partial charge in [-0.1, -0.05) is 48.0 Å². The highest BCUT2D eigenvalue weighted by atomic mass is 32.2. The Bertz CT molecular complexity index is 804. The first-order valence-electron chi connectivity index (χ1n) is 7.21. The lowest BCUT2D eigenvalue weighted by atomic mass is 10.1. The number of carbonyl (C=O) groups excluding carboxylic acids is 1. The number of benzene rings is 2. The molecule has 0 fully saturated rings. The lowest BCUT2D eigenvalue weighted by Gasteiger charge is -2.09. The normalized spacial score (nSPS) is 12.0. The summed E-state index contributed by atoms with van der Waals surface area (Å²) in [6, 6.07) is 15.1. The van der Waals surface area contributed by atoms with Crippen molar-refractivity contribution in [1.29, 1.82) is 0 Å². The first kappa shape index (κ1) is 17.0. The van der Waals surface area contributed by atoms with Crippen molar-refractivity contribution in [2.75, 3.05) is 6.61 Å². The monoisotopic (exact) mass is 330 g/mol. The highest BCUT2D eigenvalue weighted by Crippen LogP contribution is 2.23. The summed E-state index contributed by atoms with van der Waals surface area (Å²) >= 11 is 0. The summed E-state index contributed by atoms with van der Waals surface area (Å²) in [5.74, 6) is -0.850. The van der Waals surface area contributed by atoms with Crippen LogP contribution in [0.4, 0.5) is 0 Å². The minimum atomic E-state index is -3.94. The van der Waals surface area contributed by atoms with Crippen LogP contribution in [0.15, 0.2) is 64.4 Å². The Morgan fingerprint density at radius 2 is 1.65 bits per heavy atom. The van der Waals surface area contributed by atoms with E-state index in [9.17, 15) is 13.2 Å². The highest BCUT2D eigenvalue weighted by Gasteiger charge is 2.28. The lowest BCUT2D eigenvalue weighted by Crippen LogP contribution is -2.16. The fourth-order valence-electron chi connectivity index (χ4n) is 1.99. The van der Waals surface area contributed by atoms with E-state index in [1.54, 1.807) is 37.3 Å². The van der Waals surface area contributed by atoms with Crippen LogP contribution in [0, 0.1) is 6.92 Å². The second-order valence-corrected chi connectivity index (χ2v) is 6.87. The van der Waals surface area contributed by atoms with Gasteiger partial charge in [-0.15, -0.1) is 0 Å². The van der Waals surface area contributed by atoms with Gasteiger partial charge in [-0.05, 0) is 37.6 Å². The number of rotatable bonds is 5. The van der Waals surface area contributed by atoms with Gasteiger partial charge in [-0.25, -0.2) is 13.2 Å². The van der Waals surface area contributed by atoms with Crippen molar-refractivity contribution >= 4 is 21.9 Å². The van der Waals surface area contributed by atoms with Gasteiger partial charge < -0.3 is 4.74 Å². The van der Waals surface area contributed by atoms with Crippen LogP contribution >= 0.6 is 0 Å². The Morgan fingerprint density at radius 1 is 1.04 bits per heavy atom. The van der Waals surface area contributed by atoms with Gasteiger partial charge in [0, 0.05) is 0 Å². The molecule has 0 saturated heterocycles. The molecule has 0 spiro atoms. The van der Waals surface area contributed by atoms with Gasteiger partial charge >= 0.3 is 5.97 Å². The van der Waals surface area contributed by atoms with E-state index in [1.807, 2.05) is 19.1 Å². The van der Waals surface area contributed by atoms with Crippen molar-refractivity contribution in [2.24, 2.45) is 0 Å². The summed E-state index contributed by atoms with van der Waals surface area (Å²) in [7, 11) is -3.94. The lowest BCUT2D eigenvalue weighted by molar-refractivity contribution is -0.137. The van der Waals surface area contributed by atoms with Crippen molar-refractivity contribution in [3.8, 4) is 0 Å². The SMILES string of the molecule is CCOC(=O)C(=Cc1ccc(C)cc1)S(=O)(=O)c1ccccc1. The van der Waals surface area contributed by atoms with Crippen LogP contribution in [0.1, 0.15) is 18.1 Å². The topological polar surface area (TPSA) is 60.4 Å².